The van der Waals surface area contributed by atoms with E-state index >= 15 is 0 Å². The maximum absolute atomic E-state index is 10.8. The molecule has 0 aliphatic heterocycles. The van der Waals surface area contributed by atoms with Gasteiger partial charge in [-0.1, -0.05) is 18.5 Å². The van der Waals surface area contributed by atoms with E-state index in [0.717, 1.165) is 31.4 Å². The lowest BCUT2D eigenvalue weighted by atomic mass is 9.98. The molecule has 13 heavy (non-hydrogen) atoms. The molecule has 0 aromatic heterocycles. The van der Waals surface area contributed by atoms with Gasteiger partial charge in [-0.25, -0.2) is 4.79 Å². The van der Waals surface area contributed by atoms with E-state index in [9.17, 15) is 4.79 Å². The van der Waals surface area contributed by atoms with Crippen LogP contribution in [0.3, 0.4) is 0 Å². The molecule has 74 valence electrons. The summed E-state index contributed by atoms with van der Waals surface area (Å²) in [6.07, 6.45) is 4.36. The first-order chi connectivity index (χ1) is 6.24. The van der Waals surface area contributed by atoms with E-state index in [1.807, 2.05) is 0 Å². The van der Waals surface area contributed by atoms with Crippen LogP contribution in [0.2, 0.25) is 0 Å². The smallest absolute Gasteiger partial charge is 0.318 e. The molecule has 1 atom stereocenters. The quantitative estimate of drug-likeness (QED) is 0.393. The lowest BCUT2D eigenvalue weighted by Gasteiger charge is -2.16. The number of carbonyl (C=O) groups is 1. The van der Waals surface area contributed by atoms with E-state index in [0.29, 0.717) is 6.42 Å². The van der Waals surface area contributed by atoms with Gasteiger partial charge in [0.05, 0.1) is 11.1 Å². The second-order valence-corrected chi connectivity index (χ2v) is 3.64. The van der Waals surface area contributed by atoms with Gasteiger partial charge in [-0.2, -0.15) is 0 Å². The van der Waals surface area contributed by atoms with Crippen molar-refractivity contribution in [2.24, 2.45) is 5.16 Å². The molecule has 1 aliphatic carbocycles. The molecule has 0 heterocycles. The van der Waals surface area contributed by atoms with Crippen LogP contribution < -0.4 is 0 Å². The molecule has 1 aliphatic rings. The molecular weight excluding hydrogens is 190 g/mol. The van der Waals surface area contributed by atoms with Crippen LogP contribution in [0.4, 0.5) is 0 Å². The van der Waals surface area contributed by atoms with Gasteiger partial charge in [0, 0.05) is 6.42 Å². The Labute approximate surface area is 83.1 Å². The Hall–Kier alpha value is -0.570. The Balaban J connectivity index is 2.43. The van der Waals surface area contributed by atoms with Gasteiger partial charge in [0.2, 0.25) is 0 Å². The number of alkyl halides is 1. The summed E-state index contributed by atoms with van der Waals surface area (Å²) in [6, 6.07) is 0. The van der Waals surface area contributed by atoms with Crippen molar-refractivity contribution in [3.05, 3.63) is 0 Å². The van der Waals surface area contributed by atoms with Crippen molar-refractivity contribution < 1.29 is 9.63 Å². The lowest BCUT2D eigenvalue weighted by Crippen LogP contribution is -2.20. The largest absolute Gasteiger partial charge is 0.334 e. The minimum Gasteiger partial charge on any atom is -0.318 e. The average Bonchev–Trinajstić information content (AvgIpc) is 2.16. The molecule has 0 amide bonds. The highest BCUT2D eigenvalue weighted by atomic mass is 35.5. The van der Waals surface area contributed by atoms with Crippen LogP contribution in [0.25, 0.3) is 0 Å². The standard InChI is InChI=1S/C9H14ClNO2/c1-2-9(12)13-11-8-6-4-3-5-7(8)10/h7H,2-6H2,1H3. The number of halogens is 1. The van der Waals surface area contributed by atoms with E-state index in [1.54, 1.807) is 6.92 Å². The number of oxime groups is 1. The average molecular weight is 204 g/mol. The maximum Gasteiger partial charge on any atom is 0.334 e. The topological polar surface area (TPSA) is 38.7 Å². The minimum atomic E-state index is -0.304. The zero-order valence-corrected chi connectivity index (χ0v) is 8.51. The van der Waals surface area contributed by atoms with E-state index in [-0.39, 0.29) is 11.3 Å². The van der Waals surface area contributed by atoms with Crippen LogP contribution in [0.5, 0.6) is 0 Å². The normalized spacial score (nSPS) is 26.0. The van der Waals surface area contributed by atoms with Gasteiger partial charge in [-0.3, -0.25) is 0 Å². The van der Waals surface area contributed by atoms with Crippen molar-refractivity contribution in [1.82, 2.24) is 0 Å². The third-order valence-corrected chi connectivity index (χ3v) is 2.53. The highest BCUT2D eigenvalue weighted by Crippen LogP contribution is 2.20. The zero-order chi connectivity index (χ0) is 9.68. The highest BCUT2D eigenvalue weighted by Gasteiger charge is 2.18. The summed E-state index contributed by atoms with van der Waals surface area (Å²) in [5.74, 6) is -0.304. The summed E-state index contributed by atoms with van der Waals surface area (Å²) >= 11 is 5.99. The van der Waals surface area contributed by atoms with Gasteiger partial charge in [0.15, 0.2) is 0 Å². The molecule has 0 spiro atoms. The molecule has 0 saturated heterocycles. The Morgan fingerprint density at radius 3 is 3.08 bits per heavy atom. The minimum absolute atomic E-state index is 0.0431. The van der Waals surface area contributed by atoms with Crippen molar-refractivity contribution in [3.63, 3.8) is 0 Å². The Morgan fingerprint density at radius 1 is 1.69 bits per heavy atom. The first-order valence-corrected chi connectivity index (χ1v) is 5.08. The Kier molecular flexibility index (Phi) is 4.22. The summed E-state index contributed by atoms with van der Waals surface area (Å²) in [4.78, 5) is 15.5. The van der Waals surface area contributed by atoms with Crippen molar-refractivity contribution in [3.8, 4) is 0 Å². The van der Waals surface area contributed by atoms with Gasteiger partial charge in [-0.15, -0.1) is 11.6 Å². The molecule has 1 unspecified atom stereocenters. The third-order valence-electron chi connectivity index (χ3n) is 2.06. The van der Waals surface area contributed by atoms with Crippen LogP contribution in [0, 0.1) is 0 Å². The fourth-order valence-corrected chi connectivity index (χ4v) is 1.53. The van der Waals surface area contributed by atoms with Crippen LogP contribution in [-0.4, -0.2) is 17.1 Å². The third kappa shape index (κ3) is 3.35. The zero-order valence-electron chi connectivity index (χ0n) is 7.75. The maximum atomic E-state index is 10.8. The molecule has 3 nitrogen and oxygen atoms in total. The number of carbonyl (C=O) groups excluding carboxylic acids is 1. The second kappa shape index (κ2) is 5.22. The van der Waals surface area contributed by atoms with Crippen molar-refractivity contribution >= 4 is 23.3 Å². The predicted octanol–water partition coefficient (Wildman–Crippen LogP) is 2.48. The second-order valence-electron chi connectivity index (χ2n) is 3.11. The molecule has 0 aromatic carbocycles. The Morgan fingerprint density at radius 2 is 2.46 bits per heavy atom. The van der Waals surface area contributed by atoms with Gasteiger partial charge >= 0.3 is 5.97 Å². The van der Waals surface area contributed by atoms with E-state index in [1.165, 1.54) is 0 Å². The predicted molar refractivity (Wildman–Crippen MR) is 51.9 cm³/mol. The van der Waals surface area contributed by atoms with Gasteiger partial charge in [-0.05, 0) is 19.3 Å². The van der Waals surface area contributed by atoms with Crippen LogP contribution in [-0.2, 0) is 9.63 Å². The summed E-state index contributed by atoms with van der Waals surface area (Å²) in [5, 5.41) is 3.73. The molecule has 0 aromatic rings. The van der Waals surface area contributed by atoms with Crippen molar-refractivity contribution in [2.45, 2.75) is 44.4 Å². The van der Waals surface area contributed by atoms with Gasteiger partial charge in [0.25, 0.3) is 0 Å². The summed E-state index contributed by atoms with van der Waals surface area (Å²) in [7, 11) is 0. The number of nitrogens with zero attached hydrogens (tertiary/aromatic N) is 1. The fraction of sp³-hybridized carbons (Fsp3) is 0.778. The van der Waals surface area contributed by atoms with Crippen LogP contribution >= 0.6 is 11.6 Å². The molecule has 1 saturated carbocycles. The molecule has 0 bridgehead atoms. The van der Waals surface area contributed by atoms with Crippen LogP contribution in [0.1, 0.15) is 39.0 Å². The highest BCUT2D eigenvalue weighted by molar-refractivity contribution is 6.32. The lowest BCUT2D eigenvalue weighted by molar-refractivity contribution is -0.143. The van der Waals surface area contributed by atoms with Gasteiger partial charge < -0.3 is 4.84 Å². The Bertz CT molecular complexity index is 216. The molecule has 4 heteroatoms. The number of rotatable bonds is 2. The first-order valence-electron chi connectivity index (χ1n) is 4.64. The first kappa shape index (κ1) is 10.5. The SMILES string of the molecule is CCC(=O)ON=C1CCCCC1Cl. The van der Waals surface area contributed by atoms with Crippen LogP contribution in [0.15, 0.2) is 5.16 Å². The summed E-state index contributed by atoms with van der Waals surface area (Å²) < 4.78 is 0. The monoisotopic (exact) mass is 203 g/mol. The summed E-state index contributed by atoms with van der Waals surface area (Å²) in [6.45, 7) is 1.74. The molecule has 1 fully saturated rings. The molecular formula is C9H14ClNO2. The fourth-order valence-electron chi connectivity index (χ4n) is 1.23. The number of hydrogen-bond donors (Lipinski definition) is 0. The van der Waals surface area contributed by atoms with E-state index in [4.69, 9.17) is 11.6 Å². The summed E-state index contributed by atoms with van der Waals surface area (Å²) in [5.41, 5.74) is 0.815. The molecule has 0 radical (unpaired) electrons. The van der Waals surface area contributed by atoms with Crippen molar-refractivity contribution in [1.29, 1.82) is 0 Å². The molecule has 0 N–H and O–H groups in total. The van der Waals surface area contributed by atoms with E-state index < -0.39 is 0 Å². The van der Waals surface area contributed by atoms with E-state index in [2.05, 4.69) is 9.99 Å². The van der Waals surface area contributed by atoms with Crippen molar-refractivity contribution in [2.75, 3.05) is 0 Å². The van der Waals surface area contributed by atoms with Gasteiger partial charge in [0.1, 0.15) is 0 Å². The number of hydrogen-bond acceptors (Lipinski definition) is 3. The molecule has 1 rings (SSSR count).